The van der Waals surface area contributed by atoms with E-state index in [1.165, 1.54) is 41.6 Å². The highest BCUT2D eigenvalue weighted by Gasteiger charge is 2.31. The third-order valence-corrected chi connectivity index (χ3v) is 8.49. The molecule has 1 atom stereocenters. The second-order valence-corrected chi connectivity index (χ2v) is 11.5. The normalized spacial score (nSPS) is 14.8. The summed E-state index contributed by atoms with van der Waals surface area (Å²) in [6.45, 7) is 2.69. The van der Waals surface area contributed by atoms with Crippen LogP contribution in [-0.4, -0.2) is 79.6 Å². The minimum Gasteiger partial charge on any atom is -0.459 e. The summed E-state index contributed by atoms with van der Waals surface area (Å²) in [6, 6.07) is 16.1. The van der Waals surface area contributed by atoms with Crippen molar-refractivity contribution < 1.29 is 32.0 Å². The van der Waals surface area contributed by atoms with Crippen molar-refractivity contribution in [3.8, 4) is 0 Å². The van der Waals surface area contributed by atoms with Crippen LogP contribution in [-0.2, 0) is 26.1 Å². The van der Waals surface area contributed by atoms with Gasteiger partial charge in [0.15, 0.2) is 11.9 Å². The van der Waals surface area contributed by atoms with Crippen LogP contribution in [0.1, 0.15) is 33.4 Å². The van der Waals surface area contributed by atoms with Gasteiger partial charge in [0, 0.05) is 39.8 Å². The van der Waals surface area contributed by atoms with E-state index < -0.39 is 28.0 Å². The van der Waals surface area contributed by atoms with Crippen LogP contribution >= 0.6 is 11.6 Å². The van der Waals surface area contributed by atoms with Gasteiger partial charge >= 0.3 is 5.97 Å². The van der Waals surface area contributed by atoms with E-state index in [9.17, 15) is 22.8 Å². The SMILES string of the molecule is C[C@@H](OC(=O)c1cc(S(=O)(=O)N(C)Cc2ccccc2)ccc1Cl)C(=O)N1CCN(C(=O)c2ccco2)CC1. The third kappa shape index (κ3) is 6.49. The van der Waals surface area contributed by atoms with Gasteiger partial charge in [0.1, 0.15) is 0 Å². The predicted molar refractivity (Wildman–Crippen MR) is 143 cm³/mol. The molecule has 10 nitrogen and oxygen atoms in total. The summed E-state index contributed by atoms with van der Waals surface area (Å²) in [6.07, 6.45) is 0.269. The third-order valence-electron chi connectivity index (χ3n) is 6.36. The quantitative estimate of drug-likeness (QED) is 0.380. The Morgan fingerprint density at radius 2 is 1.67 bits per heavy atom. The molecule has 206 valence electrons. The lowest BCUT2D eigenvalue weighted by Crippen LogP contribution is -2.53. The number of esters is 1. The standard InChI is InChI=1S/C27H28ClN3O7S/c1-19(25(32)30-12-14-31(15-13-30)26(33)24-9-6-16-37-24)38-27(34)22-17-21(10-11-23(22)28)39(35,36)29(2)18-20-7-4-3-5-8-20/h3-11,16-17,19H,12-15,18H2,1-2H3/t19-/m1/s1. The highest BCUT2D eigenvalue weighted by molar-refractivity contribution is 7.89. The van der Waals surface area contributed by atoms with Crippen molar-refractivity contribution in [1.82, 2.24) is 14.1 Å². The number of furan rings is 1. The number of hydrogen-bond acceptors (Lipinski definition) is 7. The molecule has 0 N–H and O–H groups in total. The molecule has 0 spiro atoms. The topological polar surface area (TPSA) is 117 Å². The lowest BCUT2D eigenvalue weighted by Gasteiger charge is -2.35. The molecular weight excluding hydrogens is 546 g/mol. The zero-order valence-electron chi connectivity index (χ0n) is 21.4. The molecule has 39 heavy (non-hydrogen) atoms. The average Bonchev–Trinajstić information content (AvgIpc) is 3.48. The minimum atomic E-state index is -3.95. The van der Waals surface area contributed by atoms with Gasteiger partial charge in [0.2, 0.25) is 10.0 Å². The molecule has 2 heterocycles. The molecule has 0 aliphatic carbocycles. The van der Waals surface area contributed by atoms with Gasteiger partial charge in [0.25, 0.3) is 11.8 Å². The van der Waals surface area contributed by atoms with Crippen LogP contribution in [0.25, 0.3) is 0 Å². The number of rotatable bonds is 8. The Kier molecular flexibility index (Phi) is 8.73. The second kappa shape index (κ2) is 12.0. The highest BCUT2D eigenvalue weighted by atomic mass is 35.5. The number of sulfonamides is 1. The van der Waals surface area contributed by atoms with Crippen LogP contribution in [0.15, 0.2) is 76.2 Å². The number of hydrogen-bond donors (Lipinski definition) is 0. The number of benzene rings is 2. The lowest BCUT2D eigenvalue weighted by atomic mass is 10.2. The molecule has 12 heteroatoms. The lowest BCUT2D eigenvalue weighted by molar-refractivity contribution is -0.141. The zero-order valence-corrected chi connectivity index (χ0v) is 23.0. The first kappa shape index (κ1) is 28.3. The molecule has 0 saturated carbocycles. The Labute approximate surface area is 231 Å². The molecular formula is C27H28ClN3O7S. The monoisotopic (exact) mass is 573 g/mol. The van der Waals surface area contributed by atoms with Crippen molar-refractivity contribution >= 4 is 39.4 Å². The van der Waals surface area contributed by atoms with Gasteiger partial charge < -0.3 is 19.0 Å². The molecule has 0 unspecified atom stereocenters. The Morgan fingerprint density at radius 1 is 1.00 bits per heavy atom. The molecule has 0 radical (unpaired) electrons. The molecule has 4 rings (SSSR count). The fourth-order valence-electron chi connectivity index (χ4n) is 4.14. The van der Waals surface area contributed by atoms with Gasteiger partial charge in [-0.15, -0.1) is 0 Å². The average molecular weight is 574 g/mol. The Bertz CT molecular complexity index is 1440. The number of nitrogens with zero attached hydrogens (tertiary/aromatic N) is 3. The number of amides is 2. The van der Waals surface area contributed by atoms with Gasteiger partial charge in [0.05, 0.1) is 21.7 Å². The number of carbonyl (C=O) groups excluding carboxylic acids is 3. The summed E-state index contributed by atoms with van der Waals surface area (Å²) in [5, 5.41) is -0.00522. The van der Waals surface area contributed by atoms with E-state index in [2.05, 4.69) is 0 Å². The van der Waals surface area contributed by atoms with E-state index >= 15 is 0 Å². The summed E-state index contributed by atoms with van der Waals surface area (Å²) in [4.78, 5) is 41.3. The molecule has 1 fully saturated rings. The van der Waals surface area contributed by atoms with Crippen molar-refractivity contribution in [2.75, 3.05) is 33.2 Å². The summed E-state index contributed by atoms with van der Waals surface area (Å²) in [5.74, 6) is -1.39. The first-order chi connectivity index (χ1) is 18.6. The molecule has 2 amide bonds. The first-order valence-corrected chi connectivity index (χ1v) is 14.0. The van der Waals surface area contributed by atoms with E-state index in [-0.39, 0.29) is 46.8 Å². The Morgan fingerprint density at radius 3 is 2.31 bits per heavy atom. The van der Waals surface area contributed by atoms with E-state index in [1.54, 1.807) is 17.0 Å². The van der Waals surface area contributed by atoms with Gasteiger partial charge in [-0.3, -0.25) is 9.59 Å². The summed E-state index contributed by atoms with van der Waals surface area (Å²) < 4.78 is 38.0. The van der Waals surface area contributed by atoms with E-state index in [0.29, 0.717) is 13.1 Å². The molecule has 1 aliphatic heterocycles. The van der Waals surface area contributed by atoms with Crippen LogP contribution in [0, 0.1) is 0 Å². The Hall–Kier alpha value is -3.67. The second-order valence-electron chi connectivity index (χ2n) is 9.03. The smallest absolute Gasteiger partial charge is 0.340 e. The minimum absolute atomic E-state index is 0.00522. The van der Waals surface area contributed by atoms with E-state index in [0.717, 1.165) is 11.6 Å². The van der Waals surface area contributed by atoms with Gasteiger partial charge in [-0.2, -0.15) is 4.31 Å². The van der Waals surface area contributed by atoms with Crippen molar-refractivity contribution in [3.63, 3.8) is 0 Å². The maximum atomic E-state index is 13.1. The van der Waals surface area contributed by atoms with Crippen LogP contribution < -0.4 is 0 Å². The van der Waals surface area contributed by atoms with E-state index in [1.807, 2.05) is 30.3 Å². The summed E-state index contributed by atoms with van der Waals surface area (Å²) >= 11 is 6.20. The Balaban J connectivity index is 1.38. The van der Waals surface area contributed by atoms with Gasteiger partial charge in [-0.05, 0) is 42.8 Å². The maximum Gasteiger partial charge on any atom is 0.340 e. The van der Waals surface area contributed by atoms with Crippen molar-refractivity contribution in [3.05, 3.63) is 88.8 Å². The van der Waals surface area contributed by atoms with Crippen LogP contribution in [0.4, 0.5) is 0 Å². The maximum absolute atomic E-state index is 13.1. The first-order valence-electron chi connectivity index (χ1n) is 12.2. The number of carbonyl (C=O) groups is 3. The van der Waals surface area contributed by atoms with Crippen LogP contribution in [0.5, 0.6) is 0 Å². The number of halogens is 1. The van der Waals surface area contributed by atoms with Crippen molar-refractivity contribution in [1.29, 1.82) is 0 Å². The van der Waals surface area contributed by atoms with Gasteiger partial charge in [-0.25, -0.2) is 13.2 Å². The zero-order chi connectivity index (χ0) is 28.2. The van der Waals surface area contributed by atoms with Crippen LogP contribution in [0.2, 0.25) is 5.02 Å². The molecule has 3 aromatic rings. The largest absolute Gasteiger partial charge is 0.459 e. The molecule has 1 aliphatic rings. The van der Waals surface area contributed by atoms with Crippen molar-refractivity contribution in [2.45, 2.75) is 24.5 Å². The molecule has 0 bridgehead atoms. The fourth-order valence-corrected chi connectivity index (χ4v) is 5.52. The van der Waals surface area contributed by atoms with Crippen molar-refractivity contribution in [2.24, 2.45) is 0 Å². The summed E-state index contributed by atoms with van der Waals surface area (Å²) in [5.41, 5.74) is 0.634. The summed E-state index contributed by atoms with van der Waals surface area (Å²) in [7, 11) is -2.51. The molecule has 1 aromatic heterocycles. The molecule has 2 aromatic carbocycles. The fraction of sp³-hybridized carbons (Fsp3) is 0.296. The van der Waals surface area contributed by atoms with Crippen LogP contribution in [0.3, 0.4) is 0 Å². The number of ether oxygens (including phenoxy) is 1. The predicted octanol–water partition coefficient (Wildman–Crippen LogP) is 3.28. The highest BCUT2D eigenvalue weighted by Crippen LogP contribution is 2.25. The molecule has 1 saturated heterocycles. The van der Waals surface area contributed by atoms with E-state index in [4.69, 9.17) is 20.8 Å². The number of piperazine rings is 1. The van der Waals surface area contributed by atoms with Gasteiger partial charge in [-0.1, -0.05) is 41.9 Å².